The Morgan fingerprint density at radius 1 is 1.44 bits per heavy atom. The highest BCUT2D eigenvalue weighted by Crippen LogP contribution is 2.33. The molecule has 2 aromatic rings. The number of carbonyl (C=O) groups excluding carboxylic acids is 2. The molecule has 0 unspecified atom stereocenters. The molecule has 1 fully saturated rings. The first-order valence-electron chi connectivity index (χ1n) is 8.24. The zero-order valence-electron chi connectivity index (χ0n) is 13.8. The number of hydrogen-bond donors (Lipinski definition) is 0. The van der Waals surface area contributed by atoms with E-state index in [-0.39, 0.29) is 31.0 Å². The molecule has 0 N–H and O–H groups in total. The third kappa shape index (κ3) is 2.84. The minimum absolute atomic E-state index is 0.0597. The number of fused-ring (bicyclic) bond motifs is 1. The van der Waals surface area contributed by atoms with Crippen LogP contribution in [0, 0.1) is 6.92 Å². The number of nitrogens with zero attached hydrogens (tertiary/aromatic N) is 4. The maximum atomic E-state index is 12.9. The van der Waals surface area contributed by atoms with E-state index in [9.17, 15) is 9.59 Å². The van der Waals surface area contributed by atoms with E-state index in [1.165, 1.54) is 4.90 Å². The monoisotopic (exact) mass is 342 g/mol. The lowest BCUT2D eigenvalue weighted by Gasteiger charge is -2.30. The Morgan fingerprint density at radius 2 is 2.32 bits per heavy atom. The summed E-state index contributed by atoms with van der Waals surface area (Å²) in [5.74, 6) is 1.18. The maximum absolute atomic E-state index is 12.9. The largest absolute Gasteiger partial charge is 0.480 e. The van der Waals surface area contributed by atoms with Crippen LogP contribution in [-0.2, 0) is 9.59 Å². The van der Waals surface area contributed by atoms with Gasteiger partial charge in [-0.1, -0.05) is 5.16 Å². The van der Waals surface area contributed by atoms with Crippen LogP contribution in [0.1, 0.15) is 30.3 Å². The molecule has 0 saturated carbocycles. The van der Waals surface area contributed by atoms with Gasteiger partial charge in [-0.3, -0.25) is 14.5 Å². The zero-order chi connectivity index (χ0) is 17.4. The highest BCUT2D eigenvalue weighted by atomic mass is 16.5. The van der Waals surface area contributed by atoms with Crippen LogP contribution in [0.15, 0.2) is 28.9 Å². The first-order valence-corrected chi connectivity index (χ1v) is 8.24. The molecular formula is C17H18N4O4. The second kappa shape index (κ2) is 6.19. The van der Waals surface area contributed by atoms with Gasteiger partial charge in [-0.2, -0.15) is 0 Å². The van der Waals surface area contributed by atoms with Gasteiger partial charge >= 0.3 is 0 Å². The number of pyridine rings is 1. The van der Waals surface area contributed by atoms with Gasteiger partial charge in [0.05, 0.1) is 11.7 Å². The van der Waals surface area contributed by atoms with E-state index in [1.807, 2.05) is 13.0 Å². The third-order valence-electron chi connectivity index (χ3n) is 4.50. The number of carbonyl (C=O) groups is 2. The number of hydrogen-bond acceptors (Lipinski definition) is 6. The first kappa shape index (κ1) is 15.6. The van der Waals surface area contributed by atoms with E-state index in [4.69, 9.17) is 9.26 Å². The van der Waals surface area contributed by atoms with Gasteiger partial charge in [-0.05, 0) is 31.9 Å². The van der Waals surface area contributed by atoms with Crippen molar-refractivity contribution in [3.05, 3.63) is 35.9 Å². The number of aryl methyl sites for hydroxylation is 1. The summed E-state index contributed by atoms with van der Waals surface area (Å²) in [6.07, 6.45) is 3.29. The second-order valence-corrected chi connectivity index (χ2v) is 6.21. The van der Waals surface area contributed by atoms with Crippen molar-refractivity contribution in [2.45, 2.75) is 25.8 Å². The van der Waals surface area contributed by atoms with Gasteiger partial charge in [0.25, 0.3) is 5.91 Å². The molecule has 2 aliphatic rings. The van der Waals surface area contributed by atoms with Crippen LogP contribution < -0.4 is 9.64 Å². The average Bonchev–Trinajstić information content (AvgIpc) is 3.26. The number of likely N-dealkylation sites (tertiary alicyclic amines) is 1. The quantitative estimate of drug-likeness (QED) is 0.839. The maximum Gasteiger partial charge on any atom is 0.266 e. The first-order chi connectivity index (χ1) is 12.1. The van der Waals surface area contributed by atoms with Crippen LogP contribution in [0.25, 0.3) is 0 Å². The van der Waals surface area contributed by atoms with Gasteiger partial charge in [0.15, 0.2) is 23.9 Å². The summed E-state index contributed by atoms with van der Waals surface area (Å²) < 4.78 is 10.7. The second-order valence-electron chi connectivity index (χ2n) is 6.21. The molecule has 1 atom stereocenters. The summed E-state index contributed by atoms with van der Waals surface area (Å²) in [4.78, 5) is 32.4. The number of amides is 2. The Kier molecular flexibility index (Phi) is 3.87. The van der Waals surface area contributed by atoms with Gasteiger partial charge in [0.2, 0.25) is 5.91 Å². The predicted octanol–water partition coefficient (Wildman–Crippen LogP) is 1.47. The summed E-state index contributed by atoms with van der Waals surface area (Å²) in [6.45, 7) is 2.34. The highest BCUT2D eigenvalue weighted by Gasteiger charge is 2.36. The van der Waals surface area contributed by atoms with E-state index in [2.05, 4.69) is 10.1 Å². The van der Waals surface area contributed by atoms with E-state index < -0.39 is 0 Å². The van der Waals surface area contributed by atoms with Crippen LogP contribution in [0.2, 0.25) is 0 Å². The molecule has 2 amide bonds. The topological polar surface area (TPSA) is 88.8 Å². The van der Waals surface area contributed by atoms with Crippen LogP contribution in [-0.4, -0.2) is 46.6 Å². The molecule has 130 valence electrons. The Bertz CT molecular complexity index is 818. The SMILES string of the molecule is Cc1cc([C@@H]2CCCN2C(=O)CN2C(=O)COc3cccnc32)on1. The van der Waals surface area contributed by atoms with Gasteiger partial charge in [-0.25, -0.2) is 4.98 Å². The predicted molar refractivity (Wildman–Crippen MR) is 87.0 cm³/mol. The molecule has 0 spiro atoms. The molecule has 4 rings (SSSR count). The molecule has 25 heavy (non-hydrogen) atoms. The standard InChI is InChI=1S/C17H18N4O4/c1-11-8-14(25-19-11)12-4-3-7-20(12)15(22)9-21-16(23)10-24-13-5-2-6-18-17(13)21/h2,5-6,8,12H,3-4,7,9-10H2,1H3/t12-/m0/s1. The van der Waals surface area contributed by atoms with Crippen LogP contribution >= 0.6 is 0 Å². The van der Waals surface area contributed by atoms with E-state index in [1.54, 1.807) is 23.2 Å². The molecule has 0 aliphatic carbocycles. The molecular weight excluding hydrogens is 324 g/mol. The average molecular weight is 342 g/mol. The van der Waals surface area contributed by atoms with Gasteiger partial charge < -0.3 is 14.2 Å². The Morgan fingerprint density at radius 3 is 3.12 bits per heavy atom. The molecule has 8 heteroatoms. The summed E-state index contributed by atoms with van der Waals surface area (Å²) in [5.41, 5.74) is 0.788. The Hall–Kier alpha value is -2.90. The number of ether oxygens (including phenoxy) is 1. The summed E-state index contributed by atoms with van der Waals surface area (Å²) in [7, 11) is 0. The molecule has 0 bridgehead atoms. The lowest BCUT2D eigenvalue weighted by molar-refractivity contribution is -0.133. The summed E-state index contributed by atoms with van der Waals surface area (Å²) >= 11 is 0. The lowest BCUT2D eigenvalue weighted by atomic mass is 10.1. The number of anilines is 1. The minimum Gasteiger partial charge on any atom is -0.480 e. The van der Waals surface area contributed by atoms with E-state index in [0.29, 0.717) is 23.9 Å². The van der Waals surface area contributed by atoms with Crippen molar-refractivity contribution in [3.8, 4) is 5.75 Å². The molecule has 0 radical (unpaired) electrons. The van der Waals surface area contributed by atoms with Crippen molar-refractivity contribution in [1.29, 1.82) is 0 Å². The van der Waals surface area contributed by atoms with Crippen molar-refractivity contribution >= 4 is 17.6 Å². The van der Waals surface area contributed by atoms with Crippen molar-refractivity contribution in [2.75, 3.05) is 24.6 Å². The van der Waals surface area contributed by atoms with Gasteiger partial charge in [-0.15, -0.1) is 0 Å². The fourth-order valence-electron chi connectivity index (χ4n) is 3.32. The summed E-state index contributed by atoms with van der Waals surface area (Å²) in [5, 5.41) is 3.91. The lowest BCUT2D eigenvalue weighted by Crippen LogP contribution is -2.46. The number of aromatic nitrogens is 2. The molecule has 1 saturated heterocycles. The fourth-order valence-corrected chi connectivity index (χ4v) is 3.32. The highest BCUT2D eigenvalue weighted by molar-refractivity contribution is 6.01. The van der Waals surface area contributed by atoms with Crippen molar-refractivity contribution < 1.29 is 18.8 Å². The summed E-state index contributed by atoms with van der Waals surface area (Å²) in [6, 6.07) is 5.19. The van der Waals surface area contributed by atoms with Crippen LogP contribution in [0.5, 0.6) is 5.75 Å². The molecule has 4 heterocycles. The van der Waals surface area contributed by atoms with E-state index >= 15 is 0 Å². The van der Waals surface area contributed by atoms with Crippen molar-refractivity contribution in [1.82, 2.24) is 15.0 Å². The smallest absolute Gasteiger partial charge is 0.266 e. The van der Waals surface area contributed by atoms with Crippen molar-refractivity contribution in [2.24, 2.45) is 0 Å². The molecule has 2 aliphatic heterocycles. The Labute approximate surface area is 144 Å². The number of rotatable bonds is 3. The molecule has 2 aromatic heterocycles. The van der Waals surface area contributed by atoms with Crippen molar-refractivity contribution in [3.63, 3.8) is 0 Å². The van der Waals surface area contributed by atoms with Gasteiger partial charge in [0.1, 0.15) is 6.54 Å². The normalized spacial score (nSPS) is 19.7. The van der Waals surface area contributed by atoms with Gasteiger partial charge in [0, 0.05) is 18.8 Å². The van der Waals surface area contributed by atoms with Crippen LogP contribution in [0.3, 0.4) is 0 Å². The van der Waals surface area contributed by atoms with E-state index in [0.717, 1.165) is 18.5 Å². The third-order valence-corrected chi connectivity index (χ3v) is 4.50. The fraction of sp³-hybridized carbons (Fsp3) is 0.412. The minimum atomic E-state index is -0.272. The molecule has 0 aromatic carbocycles. The van der Waals surface area contributed by atoms with Crippen LogP contribution in [0.4, 0.5) is 5.82 Å². The molecule has 8 nitrogen and oxygen atoms in total. The zero-order valence-corrected chi connectivity index (χ0v) is 13.8. The Balaban J connectivity index is 1.54.